The number of nitrogens with zero attached hydrogens (tertiary/aromatic N) is 2. The number of Topliss-reactive ketones (excluding diaryl/α,β-unsaturated/α-hetero) is 1. The summed E-state index contributed by atoms with van der Waals surface area (Å²) in [4.78, 5) is 125. The molecule has 0 bridgehead atoms. The maximum atomic E-state index is 15.0. The summed E-state index contributed by atoms with van der Waals surface area (Å²) < 4.78 is 22.6. The first-order chi connectivity index (χ1) is 42.1. The van der Waals surface area contributed by atoms with Crippen molar-refractivity contribution in [3.05, 3.63) is 142 Å². The molecule has 1 aliphatic rings. The van der Waals surface area contributed by atoms with Crippen molar-refractivity contribution in [2.45, 2.75) is 177 Å². The molecule has 0 unspecified atom stereocenters. The van der Waals surface area contributed by atoms with Crippen LogP contribution in [0, 0.1) is 23.2 Å². The van der Waals surface area contributed by atoms with Gasteiger partial charge in [-0.15, -0.1) is 0 Å². The highest BCUT2D eigenvalue weighted by Gasteiger charge is 2.46. The minimum atomic E-state index is -1.26. The Balaban J connectivity index is 1.26. The van der Waals surface area contributed by atoms with Crippen LogP contribution in [0.25, 0.3) is 11.1 Å². The summed E-state index contributed by atoms with van der Waals surface area (Å²) >= 11 is 0. The van der Waals surface area contributed by atoms with E-state index in [9.17, 15) is 38.4 Å². The Bertz CT molecular complexity index is 3180. The summed E-state index contributed by atoms with van der Waals surface area (Å²) in [6, 6.07) is 25.5. The molecule has 0 saturated heterocycles. The molecule has 90 heavy (non-hydrogen) atoms. The molecule has 1 aliphatic carbocycles. The number of carbonyl (C=O) groups excluding carboxylic acids is 9. The number of urea groups is 1. The number of carbonyl (C=O) groups is 9. The Morgan fingerprint density at radius 3 is 1.82 bits per heavy atom. The average molecular weight is 1240 g/mol. The van der Waals surface area contributed by atoms with Gasteiger partial charge >= 0.3 is 30.0 Å². The fraction of sp³-hybridized carbons (Fsp3) is 0.507. The third-order valence-electron chi connectivity index (χ3n) is 16.3. The zero-order valence-electron chi connectivity index (χ0n) is 55.6. The number of benzene rings is 4. The van der Waals surface area contributed by atoms with E-state index in [0.29, 0.717) is 34.2 Å². The van der Waals surface area contributed by atoms with Gasteiger partial charge in [-0.3, -0.25) is 33.7 Å². The van der Waals surface area contributed by atoms with Crippen molar-refractivity contribution in [3.8, 4) is 11.1 Å². The van der Waals surface area contributed by atoms with Crippen molar-refractivity contribution in [2.24, 2.45) is 28.9 Å². The predicted octanol–water partition coefficient (Wildman–Crippen LogP) is 10.1. The first-order valence-electron chi connectivity index (χ1n) is 31.1. The van der Waals surface area contributed by atoms with Gasteiger partial charge in [0.15, 0.2) is 5.78 Å². The molecule has 0 radical (unpaired) electrons. The van der Waals surface area contributed by atoms with E-state index in [1.54, 1.807) is 110 Å². The molecule has 0 saturated carbocycles. The molecule has 0 spiro atoms. The van der Waals surface area contributed by atoms with Crippen molar-refractivity contribution in [1.82, 2.24) is 25.8 Å². The quantitative estimate of drug-likeness (QED) is 0.0171. The van der Waals surface area contributed by atoms with Gasteiger partial charge in [-0.25, -0.2) is 14.4 Å². The lowest BCUT2D eigenvalue weighted by Gasteiger charge is -2.42. The summed E-state index contributed by atoms with van der Waals surface area (Å²) in [5.74, 6) is -4.73. The average Bonchev–Trinajstić information content (AvgIpc) is 1.48. The first-order valence-corrected chi connectivity index (χ1v) is 31.1. The van der Waals surface area contributed by atoms with Crippen LogP contribution in [0.5, 0.6) is 0 Å². The van der Waals surface area contributed by atoms with E-state index in [1.807, 2.05) is 84.9 Å². The number of primary amides is 1. The summed E-state index contributed by atoms with van der Waals surface area (Å²) in [5, 5.41) is 8.45. The van der Waals surface area contributed by atoms with Crippen LogP contribution in [-0.2, 0) is 77.4 Å². The molecule has 4 aromatic rings. The number of fused-ring (bicyclic) bond motifs is 3. The van der Waals surface area contributed by atoms with Gasteiger partial charge in [-0.2, -0.15) is 0 Å². The largest absolute Gasteiger partial charge is 0.465 e. The monoisotopic (exact) mass is 1240 g/mol. The summed E-state index contributed by atoms with van der Waals surface area (Å²) in [6.07, 6.45) is 1.04. The van der Waals surface area contributed by atoms with Crippen LogP contribution < -0.4 is 21.7 Å². The van der Waals surface area contributed by atoms with Gasteiger partial charge in [0.2, 0.25) is 17.7 Å². The minimum absolute atomic E-state index is 0.0571. The predicted molar refractivity (Wildman–Crippen MR) is 345 cm³/mol. The number of hydrogen-bond acceptors (Lipinski definition) is 13. The third kappa shape index (κ3) is 20.1. The van der Waals surface area contributed by atoms with E-state index >= 15 is 4.79 Å². The number of amides is 6. The molecule has 0 aromatic heterocycles. The Morgan fingerprint density at radius 2 is 1.27 bits per heavy atom. The number of ketones is 1. The normalized spacial score (nSPS) is 14.2. The van der Waals surface area contributed by atoms with E-state index in [0.717, 1.165) is 22.3 Å². The Kier molecular flexibility index (Phi) is 25.7. The lowest BCUT2D eigenvalue weighted by Crippen LogP contribution is -2.63. The number of rotatable bonds is 29. The molecule has 5 atom stereocenters. The first kappa shape index (κ1) is 72.4. The summed E-state index contributed by atoms with van der Waals surface area (Å²) in [5.41, 5.74) is 9.49. The molecule has 19 nitrogen and oxygen atoms in total. The van der Waals surface area contributed by atoms with Gasteiger partial charge < -0.3 is 45.5 Å². The van der Waals surface area contributed by atoms with Crippen LogP contribution in [0.3, 0.4) is 0 Å². The molecule has 0 fully saturated rings. The molecule has 488 valence electrons. The Morgan fingerprint density at radius 1 is 0.667 bits per heavy atom. The fourth-order valence-corrected chi connectivity index (χ4v) is 11.3. The van der Waals surface area contributed by atoms with E-state index < -0.39 is 94.3 Å². The summed E-state index contributed by atoms with van der Waals surface area (Å²) in [7, 11) is 3.10. The Labute approximate surface area is 531 Å². The van der Waals surface area contributed by atoms with Crippen LogP contribution in [-0.4, -0.2) is 127 Å². The number of nitrogens with two attached hydrogens (primary N) is 1. The molecular formula is C71H96N6O13. The van der Waals surface area contributed by atoms with Crippen LogP contribution in [0.2, 0.25) is 0 Å². The van der Waals surface area contributed by atoms with Gasteiger partial charge in [0.25, 0.3) is 0 Å². The molecule has 6 amide bonds. The molecular weight excluding hydrogens is 1140 g/mol. The minimum Gasteiger partial charge on any atom is -0.465 e. The maximum absolute atomic E-state index is 15.0. The standard InChI is InChI=1S/C71H96N6O13/c1-17-87-66(84)45(6)36-57(44(4)5)76(15)65(83)61(69(7,8)9)75-64(82)62(77(16)68(86)90-70(10,11)12)71(13,14)49-25-22-24-48(37-49)39-59(79)88-41-47-33-31-46(32-34-47)38-58(78)56(30-23-35-73-67(72)85)74-63(81)54(43(2)3)40-60(80)89-42-55-52-28-20-18-26-50(52)51-27-19-21-29-53(51)55/h18-22,24-29,31-34,36-37,43-44,54-57,61-62H,17,23,30,35,38-42H2,1-16H3,(H,74,81)(H,75,82)(H3,72,73,85)/b45-36+/t54-,56-,57+,61+,62+/m0/s1. The van der Waals surface area contributed by atoms with Crippen molar-refractivity contribution in [1.29, 1.82) is 0 Å². The second kappa shape index (κ2) is 31.9. The smallest absolute Gasteiger partial charge is 0.410 e. The molecule has 5 N–H and O–H groups in total. The highest BCUT2D eigenvalue weighted by Crippen LogP contribution is 2.45. The SMILES string of the molecule is CCOC(=O)/C(C)=C/[C@H](C(C)C)N(C)C(=O)[C@@H](NC(=O)[C@@H](N(C)C(=O)OC(C)(C)C)C(C)(C)c1cccc(CC(=O)OCc2ccc(CC(=O)[C@H](CCCNC(N)=O)NC(=O)[C@@H](CC(=O)OCC3c4ccccc4-c4ccccc43)C(C)C)cc2)c1)C(C)(C)C. The molecule has 4 aromatic carbocycles. The lowest BCUT2D eigenvalue weighted by molar-refractivity contribution is -0.148. The number of ether oxygens (including phenoxy) is 4. The zero-order valence-corrected chi connectivity index (χ0v) is 55.6. The highest BCUT2D eigenvalue weighted by molar-refractivity contribution is 5.94. The van der Waals surface area contributed by atoms with Gasteiger partial charge in [-0.05, 0) is 109 Å². The van der Waals surface area contributed by atoms with Crippen LogP contribution >= 0.6 is 0 Å². The Hall–Kier alpha value is -8.35. The van der Waals surface area contributed by atoms with Crippen molar-refractivity contribution in [3.63, 3.8) is 0 Å². The van der Waals surface area contributed by atoms with Crippen LogP contribution in [0.4, 0.5) is 9.59 Å². The second-order valence-electron chi connectivity index (χ2n) is 26.7. The van der Waals surface area contributed by atoms with Gasteiger partial charge in [0.1, 0.15) is 30.9 Å². The van der Waals surface area contributed by atoms with E-state index in [2.05, 4.69) is 28.1 Å². The number of nitrogens with one attached hydrogen (secondary N) is 3. The number of esters is 3. The molecule has 19 heteroatoms. The van der Waals surface area contributed by atoms with Crippen molar-refractivity contribution in [2.75, 3.05) is 33.9 Å². The molecule has 0 aliphatic heterocycles. The zero-order chi connectivity index (χ0) is 67.0. The second-order valence-corrected chi connectivity index (χ2v) is 26.7. The van der Waals surface area contributed by atoms with E-state index in [1.165, 1.54) is 16.8 Å². The summed E-state index contributed by atoms with van der Waals surface area (Å²) in [6.45, 7) is 25.5. The fourth-order valence-electron chi connectivity index (χ4n) is 11.3. The third-order valence-corrected chi connectivity index (χ3v) is 16.3. The highest BCUT2D eigenvalue weighted by atomic mass is 16.6. The van der Waals surface area contributed by atoms with Crippen LogP contribution in [0.15, 0.2) is 109 Å². The van der Waals surface area contributed by atoms with E-state index in [-0.39, 0.29) is 75.6 Å². The van der Waals surface area contributed by atoms with Gasteiger partial charge in [-0.1, -0.05) is 165 Å². The van der Waals surface area contributed by atoms with Crippen molar-refractivity contribution < 1.29 is 62.1 Å². The maximum Gasteiger partial charge on any atom is 0.410 e. The molecule has 0 heterocycles. The number of likely N-dealkylation sites (N-methyl/N-ethyl adjacent to an activating group) is 2. The van der Waals surface area contributed by atoms with Gasteiger partial charge in [0, 0.05) is 44.0 Å². The number of hydrogen-bond donors (Lipinski definition) is 4. The van der Waals surface area contributed by atoms with Crippen LogP contribution in [0.1, 0.15) is 155 Å². The topological polar surface area (TPSA) is 259 Å². The van der Waals surface area contributed by atoms with Gasteiger partial charge in [0.05, 0.1) is 37.5 Å². The van der Waals surface area contributed by atoms with Crippen molar-refractivity contribution >= 4 is 53.5 Å². The van der Waals surface area contributed by atoms with E-state index in [4.69, 9.17) is 24.7 Å². The molecule has 5 rings (SSSR count). The lowest BCUT2D eigenvalue weighted by atomic mass is 9.75.